The molecule has 1 aromatic heterocycles. The van der Waals surface area contributed by atoms with Gasteiger partial charge in [-0.05, 0) is 68.4 Å². The number of carbonyl (C=O) groups excluding carboxylic acids is 1. The van der Waals surface area contributed by atoms with Crippen LogP contribution in [0.2, 0.25) is 0 Å². The maximum Gasteiger partial charge on any atom is 0.232 e. The van der Waals surface area contributed by atoms with Crippen LogP contribution in [-0.2, 0) is 27.9 Å². The number of nitrogens with zero attached hydrogens (tertiary/aromatic N) is 4. The second kappa shape index (κ2) is 12.9. The summed E-state index contributed by atoms with van der Waals surface area (Å²) in [6.07, 6.45) is 10.8. The van der Waals surface area contributed by atoms with E-state index in [2.05, 4.69) is 29.4 Å². The first-order valence-electron chi connectivity index (χ1n) is 14.8. The number of morpholine rings is 1. The van der Waals surface area contributed by atoms with E-state index in [1.807, 2.05) is 53.9 Å². The summed E-state index contributed by atoms with van der Waals surface area (Å²) in [7, 11) is 1.91. The molecular weight excluding hydrogens is 514 g/mol. The first-order chi connectivity index (χ1) is 19.9. The van der Waals surface area contributed by atoms with E-state index in [-0.39, 0.29) is 12.0 Å². The SMILES string of the molecule is CCC1(c2cccc(Oc3c(C)c(C#N)cc(CCC4CNCCO4)c3Cn3ccnc3)c2)CCCCN(C)C1=O. The minimum atomic E-state index is -0.563. The molecule has 8 nitrogen and oxygen atoms in total. The summed E-state index contributed by atoms with van der Waals surface area (Å²) in [6, 6.07) is 12.4. The minimum absolute atomic E-state index is 0.137. The van der Waals surface area contributed by atoms with Crippen LogP contribution in [0.5, 0.6) is 11.5 Å². The molecule has 8 heteroatoms. The molecule has 3 heterocycles. The van der Waals surface area contributed by atoms with Crippen LogP contribution in [-0.4, -0.2) is 59.8 Å². The molecule has 2 aliphatic rings. The third-order valence-electron chi connectivity index (χ3n) is 8.80. The number of amides is 1. The van der Waals surface area contributed by atoms with Crippen molar-refractivity contribution in [3.8, 4) is 17.6 Å². The predicted molar refractivity (Wildman–Crippen MR) is 158 cm³/mol. The number of nitriles is 1. The molecule has 2 atom stereocenters. The molecule has 0 bridgehead atoms. The summed E-state index contributed by atoms with van der Waals surface area (Å²) in [6.45, 7) is 7.84. The molecule has 0 aliphatic carbocycles. The van der Waals surface area contributed by atoms with Gasteiger partial charge in [-0.3, -0.25) is 4.79 Å². The molecule has 0 radical (unpaired) electrons. The van der Waals surface area contributed by atoms with E-state index in [0.29, 0.717) is 30.2 Å². The number of likely N-dealkylation sites (N-methyl/N-ethyl adjacent to an activating group) is 1. The summed E-state index contributed by atoms with van der Waals surface area (Å²) < 4.78 is 14.7. The van der Waals surface area contributed by atoms with Crippen molar-refractivity contribution < 1.29 is 14.3 Å². The van der Waals surface area contributed by atoms with Crippen molar-refractivity contribution in [3.63, 3.8) is 0 Å². The molecular formula is C33H41N5O3. The number of aromatic nitrogens is 2. The number of imidazole rings is 1. The van der Waals surface area contributed by atoms with E-state index >= 15 is 0 Å². The topological polar surface area (TPSA) is 92.4 Å². The molecule has 216 valence electrons. The standard InChI is InChI=1S/C33H41N5O3/c1-4-33(12-5-6-15-37(3)32(33)39)27-8-7-9-28(19-27)41-31-24(2)26(20-34)18-25(10-11-29-21-35-14-17-40-29)30(31)22-38-16-13-36-23-38/h7-9,13,16,18-19,23,29,35H,4-6,10-12,14-15,17,21-22H2,1-3H3. The van der Waals surface area contributed by atoms with Gasteiger partial charge in [0.2, 0.25) is 5.91 Å². The number of carbonyl (C=O) groups is 1. The van der Waals surface area contributed by atoms with E-state index in [0.717, 1.165) is 80.4 Å². The lowest BCUT2D eigenvalue weighted by Crippen LogP contribution is -2.43. The van der Waals surface area contributed by atoms with Gasteiger partial charge in [-0.2, -0.15) is 5.26 Å². The first kappa shape index (κ1) is 28.8. The van der Waals surface area contributed by atoms with Gasteiger partial charge in [0.05, 0.1) is 42.6 Å². The zero-order valence-corrected chi connectivity index (χ0v) is 24.5. The van der Waals surface area contributed by atoms with E-state index < -0.39 is 5.41 Å². The van der Waals surface area contributed by atoms with Gasteiger partial charge in [-0.15, -0.1) is 0 Å². The summed E-state index contributed by atoms with van der Waals surface area (Å²) in [5, 5.41) is 13.5. The number of likely N-dealkylation sites (tertiary alicyclic amines) is 1. The van der Waals surface area contributed by atoms with Gasteiger partial charge in [0.15, 0.2) is 0 Å². The van der Waals surface area contributed by atoms with Crippen LogP contribution in [0.4, 0.5) is 0 Å². The summed E-state index contributed by atoms with van der Waals surface area (Å²) in [5.74, 6) is 1.55. The predicted octanol–water partition coefficient (Wildman–Crippen LogP) is 5.11. The Morgan fingerprint density at radius 1 is 1.29 bits per heavy atom. The lowest BCUT2D eigenvalue weighted by molar-refractivity contribution is -0.135. The largest absolute Gasteiger partial charge is 0.457 e. The number of rotatable bonds is 9. The highest BCUT2D eigenvalue weighted by atomic mass is 16.5. The van der Waals surface area contributed by atoms with E-state index in [9.17, 15) is 10.1 Å². The molecule has 0 saturated carbocycles. The van der Waals surface area contributed by atoms with Gasteiger partial charge in [0.25, 0.3) is 0 Å². The highest BCUT2D eigenvalue weighted by Crippen LogP contribution is 2.41. The second-order valence-electron chi connectivity index (χ2n) is 11.3. The molecule has 5 rings (SSSR count). The molecule has 41 heavy (non-hydrogen) atoms. The van der Waals surface area contributed by atoms with Crippen molar-refractivity contribution in [2.45, 2.75) is 70.4 Å². The van der Waals surface area contributed by atoms with Crippen LogP contribution in [0.15, 0.2) is 49.1 Å². The molecule has 2 aromatic carbocycles. The third-order valence-corrected chi connectivity index (χ3v) is 8.80. The Morgan fingerprint density at radius 2 is 2.17 bits per heavy atom. The smallest absolute Gasteiger partial charge is 0.232 e. The third kappa shape index (κ3) is 6.17. The molecule has 2 aliphatic heterocycles. The zero-order chi connectivity index (χ0) is 28.8. The van der Waals surface area contributed by atoms with E-state index in [4.69, 9.17) is 9.47 Å². The zero-order valence-electron chi connectivity index (χ0n) is 24.5. The number of ether oxygens (including phenoxy) is 2. The van der Waals surface area contributed by atoms with Crippen LogP contribution in [0.25, 0.3) is 0 Å². The summed E-state index contributed by atoms with van der Waals surface area (Å²) in [4.78, 5) is 19.7. The number of benzene rings is 2. The Hall–Kier alpha value is -3.67. The Bertz CT molecular complexity index is 1390. The molecule has 3 aromatic rings. The van der Waals surface area contributed by atoms with Crippen molar-refractivity contribution >= 4 is 5.91 Å². The molecule has 2 unspecified atom stereocenters. The maximum atomic E-state index is 13.6. The van der Waals surface area contributed by atoms with E-state index in [1.165, 1.54) is 0 Å². The lowest BCUT2D eigenvalue weighted by atomic mass is 9.73. The van der Waals surface area contributed by atoms with Gasteiger partial charge in [-0.25, -0.2) is 4.98 Å². The highest BCUT2D eigenvalue weighted by molar-refractivity contribution is 5.88. The highest BCUT2D eigenvalue weighted by Gasteiger charge is 2.41. The van der Waals surface area contributed by atoms with Crippen molar-refractivity contribution in [2.24, 2.45) is 0 Å². The molecule has 2 fully saturated rings. The second-order valence-corrected chi connectivity index (χ2v) is 11.3. The lowest BCUT2D eigenvalue weighted by Gasteiger charge is -2.33. The van der Waals surface area contributed by atoms with Crippen molar-refractivity contribution in [1.82, 2.24) is 19.8 Å². The quantitative estimate of drug-likeness (QED) is 0.394. The Labute approximate surface area is 243 Å². The number of hydrogen-bond acceptors (Lipinski definition) is 6. The maximum absolute atomic E-state index is 13.6. The average molecular weight is 556 g/mol. The monoisotopic (exact) mass is 555 g/mol. The normalized spacial score (nSPS) is 21.4. The van der Waals surface area contributed by atoms with Crippen LogP contribution in [0.3, 0.4) is 0 Å². The van der Waals surface area contributed by atoms with Gasteiger partial charge in [0.1, 0.15) is 11.5 Å². The molecule has 1 amide bonds. The van der Waals surface area contributed by atoms with Crippen molar-refractivity contribution in [1.29, 1.82) is 5.26 Å². The van der Waals surface area contributed by atoms with Gasteiger partial charge in [0, 0.05) is 50.2 Å². The number of hydrogen-bond donors (Lipinski definition) is 1. The Morgan fingerprint density at radius 3 is 2.90 bits per heavy atom. The van der Waals surface area contributed by atoms with Crippen LogP contribution >= 0.6 is 0 Å². The average Bonchev–Trinajstić information content (AvgIpc) is 3.47. The van der Waals surface area contributed by atoms with Crippen molar-refractivity contribution in [2.75, 3.05) is 33.3 Å². The van der Waals surface area contributed by atoms with Gasteiger partial charge >= 0.3 is 0 Å². The molecule has 1 N–H and O–H groups in total. The molecule has 0 spiro atoms. The van der Waals surface area contributed by atoms with Crippen LogP contribution in [0, 0.1) is 18.3 Å². The van der Waals surface area contributed by atoms with Gasteiger partial charge in [-0.1, -0.05) is 25.5 Å². The fourth-order valence-electron chi connectivity index (χ4n) is 6.32. The first-order valence-corrected chi connectivity index (χ1v) is 14.8. The number of nitrogens with one attached hydrogen (secondary N) is 1. The van der Waals surface area contributed by atoms with Crippen LogP contribution in [0.1, 0.15) is 66.8 Å². The van der Waals surface area contributed by atoms with Gasteiger partial charge < -0.3 is 24.3 Å². The van der Waals surface area contributed by atoms with E-state index in [1.54, 1.807) is 12.5 Å². The fraction of sp³-hybridized carbons (Fsp3) is 0.485. The minimum Gasteiger partial charge on any atom is -0.457 e. The van der Waals surface area contributed by atoms with Crippen molar-refractivity contribution in [3.05, 3.63) is 76.9 Å². The Kier molecular flexibility index (Phi) is 9.06. The summed E-state index contributed by atoms with van der Waals surface area (Å²) >= 11 is 0. The summed E-state index contributed by atoms with van der Waals surface area (Å²) in [5.41, 5.74) is 3.95. The number of aryl methyl sites for hydroxylation is 1. The molecule has 2 saturated heterocycles. The van der Waals surface area contributed by atoms with Crippen LogP contribution < -0.4 is 10.1 Å². The Balaban J connectivity index is 1.54. The fourth-order valence-corrected chi connectivity index (χ4v) is 6.32.